The van der Waals surface area contributed by atoms with E-state index >= 15 is 0 Å². The molecule has 98 valence electrons. The Kier molecular flexibility index (Phi) is 4.11. The third kappa shape index (κ3) is 2.90. The van der Waals surface area contributed by atoms with Gasteiger partial charge in [-0.3, -0.25) is 4.98 Å². The molecular formula is C13H11BrFN3S. The molecular weight excluding hydrogens is 329 g/mol. The average Bonchev–Trinajstić information content (AvgIpc) is 2.37. The molecule has 0 aliphatic heterocycles. The standard InChI is InChI=1S/C13H11BrFN3S/c1-7-9(3-2-6-17-7)18-10-5-4-8(13(16)19)11(14)12(10)15/h2-6,18H,1H3,(H2,16,19). The quantitative estimate of drug-likeness (QED) is 0.837. The van der Waals surface area contributed by atoms with Gasteiger partial charge in [-0.1, -0.05) is 12.2 Å². The van der Waals surface area contributed by atoms with E-state index in [1.54, 1.807) is 24.4 Å². The molecule has 0 saturated heterocycles. The summed E-state index contributed by atoms with van der Waals surface area (Å²) >= 11 is 8.02. The first-order valence-electron chi connectivity index (χ1n) is 5.47. The summed E-state index contributed by atoms with van der Waals surface area (Å²) in [6, 6.07) is 6.88. The fraction of sp³-hybridized carbons (Fsp3) is 0.0769. The Hall–Kier alpha value is -1.53. The second-order valence-corrected chi connectivity index (χ2v) is 5.15. The highest BCUT2D eigenvalue weighted by Gasteiger charge is 2.13. The summed E-state index contributed by atoms with van der Waals surface area (Å²) in [5.74, 6) is -0.437. The Bertz CT molecular complexity index is 646. The second kappa shape index (κ2) is 5.63. The van der Waals surface area contributed by atoms with E-state index in [0.29, 0.717) is 11.3 Å². The minimum absolute atomic E-state index is 0.148. The Balaban J connectivity index is 2.40. The number of benzene rings is 1. The van der Waals surface area contributed by atoms with E-state index in [1.165, 1.54) is 0 Å². The van der Waals surface area contributed by atoms with Gasteiger partial charge in [0.2, 0.25) is 0 Å². The zero-order chi connectivity index (χ0) is 14.0. The predicted octanol–water partition coefficient (Wildman–Crippen LogP) is 3.67. The van der Waals surface area contributed by atoms with Crippen LogP contribution < -0.4 is 11.1 Å². The zero-order valence-electron chi connectivity index (χ0n) is 10.1. The number of halogens is 2. The highest BCUT2D eigenvalue weighted by Crippen LogP contribution is 2.29. The average molecular weight is 340 g/mol. The predicted molar refractivity (Wildman–Crippen MR) is 82.2 cm³/mol. The number of anilines is 2. The van der Waals surface area contributed by atoms with Gasteiger partial charge in [-0.25, -0.2) is 4.39 Å². The van der Waals surface area contributed by atoms with E-state index in [1.807, 2.05) is 13.0 Å². The molecule has 3 nitrogen and oxygen atoms in total. The third-order valence-corrected chi connectivity index (χ3v) is 3.62. The van der Waals surface area contributed by atoms with Crippen molar-refractivity contribution in [3.8, 4) is 0 Å². The SMILES string of the molecule is Cc1ncccc1Nc1ccc(C(N)=S)c(Br)c1F. The molecule has 0 atom stereocenters. The summed E-state index contributed by atoms with van der Waals surface area (Å²) in [5, 5.41) is 3.00. The van der Waals surface area contributed by atoms with Crippen molar-refractivity contribution in [2.24, 2.45) is 5.73 Å². The highest BCUT2D eigenvalue weighted by atomic mass is 79.9. The van der Waals surface area contributed by atoms with Gasteiger partial charge >= 0.3 is 0 Å². The van der Waals surface area contributed by atoms with Crippen molar-refractivity contribution in [2.45, 2.75) is 6.92 Å². The van der Waals surface area contributed by atoms with Crippen molar-refractivity contribution in [3.63, 3.8) is 0 Å². The minimum atomic E-state index is -0.437. The van der Waals surface area contributed by atoms with Crippen molar-refractivity contribution in [1.29, 1.82) is 0 Å². The van der Waals surface area contributed by atoms with Gasteiger partial charge in [-0.15, -0.1) is 0 Å². The highest BCUT2D eigenvalue weighted by molar-refractivity contribution is 9.10. The number of hydrogen-bond acceptors (Lipinski definition) is 3. The molecule has 2 aromatic rings. The Morgan fingerprint density at radius 3 is 2.74 bits per heavy atom. The van der Waals surface area contributed by atoms with Gasteiger partial charge in [0.25, 0.3) is 0 Å². The fourth-order valence-electron chi connectivity index (χ4n) is 1.60. The van der Waals surface area contributed by atoms with Crippen molar-refractivity contribution in [1.82, 2.24) is 4.98 Å². The first-order chi connectivity index (χ1) is 9.00. The number of pyridine rings is 1. The number of aromatic nitrogens is 1. The molecule has 2 rings (SSSR count). The maximum absolute atomic E-state index is 14.2. The molecule has 6 heteroatoms. The first kappa shape index (κ1) is 13.9. The lowest BCUT2D eigenvalue weighted by Gasteiger charge is -2.12. The lowest BCUT2D eigenvalue weighted by atomic mass is 10.2. The molecule has 0 spiro atoms. The molecule has 0 aliphatic rings. The van der Waals surface area contributed by atoms with Gasteiger partial charge in [-0.2, -0.15) is 0 Å². The number of rotatable bonds is 3. The molecule has 19 heavy (non-hydrogen) atoms. The maximum Gasteiger partial charge on any atom is 0.161 e. The monoisotopic (exact) mass is 339 g/mol. The number of nitrogens with two attached hydrogens (primary N) is 1. The van der Waals surface area contributed by atoms with Gasteiger partial charge in [0.05, 0.1) is 21.5 Å². The van der Waals surface area contributed by atoms with Crippen molar-refractivity contribution >= 4 is 44.5 Å². The van der Waals surface area contributed by atoms with Gasteiger partial charge in [0.15, 0.2) is 5.82 Å². The molecule has 0 aliphatic carbocycles. The smallest absolute Gasteiger partial charge is 0.161 e. The molecule has 1 aromatic heterocycles. The lowest BCUT2D eigenvalue weighted by Crippen LogP contribution is -2.11. The van der Waals surface area contributed by atoms with Crippen LogP contribution in [0.1, 0.15) is 11.3 Å². The number of hydrogen-bond donors (Lipinski definition) is 2. The molecule has 0 unspecified atom stereocenters. The molecule has 0 saturated carbocycles. The molecule has 0 bridgehead atoms. The van der Waals surface area contributed by atoms with Gasteiger partial charge in [-0.05, 0) is 47.1 Å². The number of nitrogens with one attached hydrogen (secondary N) is 1. The van der Waals surface area contributed by atoms with Crippen LogP contribution in [0.2, 0.25) is 0 Å². The van der Waals surface area contributed by atoms with Crippen LogP contribution in [0.5, 0.6) is 0 Å². The molecule has 3 N–H and O–H groups in total. The largest absolute Gasteiger partial charge is 0.389 e. The van der Waals surface area contributed by atoms with E-state index in [-0.39, 0.29) is 9.46 Å². The van der Waals surface area contributed by atoms with Crippen LogP contribution in [0.25, 0.3) is 0 Å². The van der Waals surface area contributed by atoms with Crippen LogP contribution in [-0.2, 0) is 0 Å². The summed E-state index contributed by atoms with van der Waals surface area (Å²) in [5.41, 5.74) is 7.86. The lowest BCUT2D eigenvalue weighted by molar-refractivity contribution is 0.625. The first-order valence-corrected chi connectivity index (χ1v) is 6.67. The molecule has 0 fully saturated rings. The van der Waals surface area contributed by atoms with Crippen molar-refractivity contribution < 1.29 is 4.39 Å². The van der Waals surface area contributed by atoms with E-state index in [9.17, 15) is 4.39 Å². The Morgan fingerprint density at radius 1 is 1.37 bits per heavy atom. The summed E-state index contributed by atoms with van der Waals surface area (Å²) in [7, 11) is 0. The van der Waals surface area contributed by atoms with E-state index in [4.69, 9.17) is 18.0 Å². The summed E-state index contributed by atoms with van der Waals surface area (Å²) in [4.78, 5) is 4.28. The summed E-state index contributed by atoms with van der Waals surface area (Å²) in [6.07, 6.45) is 1.68. The number of aryl methyl sites for hydroxylation is 1. The molecule has 1 aromatic carbocycles. The van der Waals surface area contributed by atoms with Crippen LogP contribution in [0.4, 0.5) is 15.8 Å². The van der Waals surface area contributed by atoms with Crippen LogP contribution in [0.15, 0.2) is 34.9 Å². The normalized spacial score (nSPS) is 10.3. The molecule has 1 heterocycles. The summed E-state index contributed by atoms with van der Waals surface area (Å²) < 4.78 is 14.5. The Labute approximate surface area is 124 Å². The van der Waals surface area contributed by atoms with Crippen LogP contribution in [-0.4, -0.2) is 9.97 Å². The van der Waals surface area contributed by atoms with Gasteiger partial charge < -0.3 is 11.1 Å². The van der Waals surface area contributed by atoms with Crippen molar-refractivity contribution in [2.75, 3.05) is 5.32 Å². The van der Waals surface area contributed by atoms with Gasteiger partial charge in [0, 0.05) is 11.8 Å². The van der Waals surface area contributed by atoms with E-state index in [2.05, 4.69) is 26.2 Å². The number of thiocarbonyl (C=S) groups is 1. The minimum Gasteiger partial charge on any atom is -0.389 e. The molecule has 0 radical (unpaired) electrons. The summed E-state index contributed by atoms with van der Waals surface area (Å²) in [6.45, 7) is 1.85. The Morgan fingerprint density at radius 2 is 2.11 bits per heavy atom. The fourth-order valence-corrected chi connectivity index (χ4v) is 2.46. The zero-order valence-corrected chi connectivity index (χ0v) is 12.5. The van der Waals surface area contributed by atoms with Crippen molar-refractivity contribution in [3.05, 3.63) is 52.0 Å². The van der Waals surface area contributed by atoms with Crippen LogP contribution in [0.3, 0.4) is 0 Å². The molecule has 0 amide bonds. The van der Waals surface area contributed by atoms with Gasteiger partial charge in [0.1, 0.15) is 4.99 Å². The van der Waals surface area contributed by atoms with E-state index in [0.717, 1.165) is 11.4 Å². The number of nitrogens with zero attached hydrogens (tertiary/aromatic N) is 1. The van der Waals surface area contributed by atoms with E-state index < -0.39 is 5.82 Å². The topological polar surface area (TPSA) is 50.9 Å². The second-order valence-electron chi connectivity index (χ2n) is 3.91. The van der Waals surface area contributed by atoms with Crippen LogP contribution >= 0.6 is 28.1 Å². The van der Waals surface area contributed by atoms with Crippen LogP contribution in [0, 0.1) is 12.7 Å². The third-order valence-electron chi connectivity index (χ3n) is 2.62. The maximum atomic E-state index is 14.2.